The molecule has 1 aliphatic heterocycles. The summed E-state index contributed by atoms with van der Waals surface area (Å²) in [5, 5.41) is 2.99. The molecule has 1 N–H and O–H groups in total. The molecule has 118 valence electrons. The molecule has 3 rings (SSSR count). The molecule has 0 unspecified atom stereocenters. The Hall–Kier alpha value is -1.84. The van der Waals surface area contributed by atoms with Crippen molar-refractivity contribution in [3.05, 3.63) is 35.9 Å². The number of carbonyl (C=O) groups is 2. The van der Waals surface area contributed by atoms with Gasteiger partial charge in [0.1, 0.15) is 6.04 Å². The van der Waals surface area contributed by atoms with Gasteiger partial charge in [-0.25, -0.2) is 0 Å². The maximum Gasteiger partial charge on any atom is 0.245 e. The number of rotatable bonds is 5. The minimum absolute atomic E-state index is 0.0475. The molecule has 1 saturated carbocycles. The Morgan fingerprint density at radius 2 is 1.77 bits per heavy atom. The predicted octanol–water partition coefficient (Wildman–Crippen LogP) is 2.14. The highest BCUT2D eigenvalue weighted by Crippen LogP contribution is 2.29. The highest BCUT2D eigenvalue weighted by Gasteiger charge is 2.34. The zero-order valence-electron chi connectivity index (χ0n) is 13.0. The van der Waals surface area contributed by atoms with Gasteiger partial charge >= 0.3 is 0 Å². The Bertz CT molecular complexity index is 519. The molecule has 0 aromatic heterocycles. The second kappa shape index (κ2) is 6.95. The van der Waals surface area contributed by atoms with E-state index in [1.807, 2.05) is 35.2 Å². The van der Waals surface area contributed by atoms with E-state index >= 15 is 0 Å². The van der Waals surface area contributed by atoms with Crippen LogP contribution in [0.15, 0.2) is 30.3 Å². The van der Waals surface area contributed by atoms with Gasteiger partial charge in [-0.05, 0) is 37.7 Å². The molecule has 1 heterocycles. The third-order valence-corrected chi connectivity index (χ3v) is 4.51. The molecule has 2 fully saturated rings. The van der Waals surface area contributed by atoms with Crippen molar-refractivity contribution in [2.24, 2.45) is 5.92 Å². The lowest BCUT2D eigenvalue weighted by molar-refractivity contribution is -0.137. The summed E-state index contributed by atoms with van der Waals surface area (Å²) in [7, 11) is 0. The van der Waals surface area contributed by atoms with E-state index in [9.17, 15) is 9.59 Å². The zero-order chi connectivity index (χ0) is 15.4. The van der Waals surface area contributed by atoms with Gasteiger partial charge in [-0.2, -0.15) is 0 Å². The second-order valence-electron chi connectivity index (χ2n) is 6.41. The monoisotopic (exact) mass is 300 g/mol. The van der Waals surface area contributed by atoms with E-state index in [1.165, 1.54) is 6.42 Å². The Labute approximate surface area is 131 Å². The third kappa shape index (κ3) is 3.87. The van der Waals surface area contributed by atoms with Gasteiger partial charge < -0.3 is 10.2 Å². The first kappa shape index (κ1) is 15.1. The van der Waals surface area contributed by atoms with E-state index in [4.69, 9.17) is 0 Å². The van der Waals surface area contributed by atoms with Crippen molar-refractivity contribution in [3.63, 3.8) is 0 Å². The fourth-order valence-electron chi connectivity index (χ4n) is 3.02. The van der Waals surface area contributed by atoms with Crippen molar-refractivity contribution in [2.45, 2.75) is 44.6 Å². The highest BCUT2D eigenvalue weighted by atomic mass is 16.2. The average Bonchev–Trinajstić information content (AvgIpc) is 3.40. The summed E-state index contributed by atoms with van der Waals surface area (Å²) in [5.41, 5.74) is 1.09. The topological polar surface area (TPSA) is 49.4 Å². The molecule has 1 aliphatic carbocycles. The van der Waals surface area contributed by atoms with E-state index in [0.29, 0.717) is 6.42 Å². The van der Waals surface area contributed by atoms with Crippen LogP contribution in [-0.2, 0) is 16.0 Å². The van der Waals surface area contributed by atoms with Crippen LogP contribution in [0.4, 0.5) is 0 Å². The lowest BCUT2D eigenvalue weighted by Gasteiger charge is -2.31. The summed E-state index contributed by atoms with van der Waals surface area (Å²) in [6.45, 7) is 1.65. The fourth-order valence-corrected chi connectivity index (χ4v) is 3.02. The summed E-state index contributed by atoms with van der Waals surface area (Å²) in [6.07, 6.45) is 5.83. The number of likely N-dealkylation sites (tertiary alicyclic amines) is 1. The molecule has 4 heteroatoms. The first-order chi connectivity index (χ1) is 10.7. The molecule has 1 aromatic rings. The number of nitrogens with one attached hydrogen (secondary N) is 1. The van der Waals surface area contributed by atoms with Crippen LogP contribution in [0.2, 0.25) is 0 Å². The Balaban J connectivity index is 1.69. The smallest absolute Gasteiger partial charge is 0.245 e. The predicted molar refractivity (Wildman–Crippen MR) is 85.2 cm³/mol. The molecule has 1 atom stereocenters. The molecule has 1 aromatic carbocycles. The number of carbonyl (C=O) groups excluding carboxylic acids is 2. The van der Waals surface area contributed by atoms with Gasteiger partial charge in [0.05, 0.1) is 0 Å². The van der Waals surface area contributed by atoms with Crippen molar-refractivity contribution in [1.82, 2.24) is 10.2 Å². The van der Waals surface area contributed by atoms with Crippen LogP contribution in [-0.4, -0.2) is 35.8 Å². The van der Waals surface area contributed by atoms with E-state index in [2.05, 4.69) is 5.32 Å². The lowest BCUT2D eigenvalue weighted by atomic mass is 10.0. The van der Waals surface area contributed by atoms with Crippen LogP contribution < -0.4 is 5.32 Å². The molecule has 0 radical (unpaired) electrons. The third-order valence-electron chi connectivity index (χ3n) is 4.51. The average molecular weight is 300 g/mol. The van der Waals surface area contributed by atoms with Crippen LogP contribution in [0.5, 0.6) is 0 Å². The summed E-state index contributed by atoms with van der Waals surface area (Å²) in [5.74, 6) is 0.260. The maximum absolute atomic E-state index is 12.8. The van der Waals surface area contributed by atoms with Crippen molar-refractivity contribution in [1.29, 1.82) is 0 Å². The van der Waals surface area contributed by atoms with Gasteiger partial charge in [-0.1, -0.05) is 30.3 Å². The molecule has 0 bridgehead atoms. The van der Waals surface area contributed by atoms with E-state index in [0.717, 1.165) is 44.3 Å². The molecule has 4 nitrogen and oxygen atoms in total. The number of hydrogen-bond acceptors (Lipinski definition) is 2. The van der Waals surface area contributed by atoms with Gasteiger partial charge in [-0.15, -0.1) is 0 Å². The molecule has 22 heavy (non-hydrogen) atoms. The first-order valence-electron chi connectivity index (χ1n) is 8.37. The minimum Gasteiger partial charge on any atom is -0.344 e. The molecule has 1 saturated heterocycles. The van der Waals surface area contributed by atoms with Crippen LogP contribution >= 0.6 is 0 Å². The Kier molecular flexibility index (Phi) is 4.76. The van der Waals surface area contributed by atoms with Crippen LogP contribution in [0.25, 0.3) is 0 Å². The first-order valence-corrected chi connectivity index (χ1v) is 8.37. The lowest BCUT2D eigenvalue weighted by Crippen LogP contribution is -2.51. The van der Waals surface area contributed by atoms with Gasteiger partial charge in [0.15, 0.2) is 0 Å². The molecular formula is C18H24N2O2. The van der Waals surface area contributed by atoms with Gasteiger partial charge in [0.25, 0.3) is 0 Å². The number of benzene rings is 1. The van der Waals surface area contributed by atoms with Crippen LogP contribution in [0, 0.1) is 5.92 Å². The van der Waals surface area contributed by atoms with E-state index in [1.54, 1.807) is 0 Å². The number of amides is 2. The number of nitrogens with zero attached hydrogens (tertiary/aromatic N) is 1. The summed E-state index contributed by atoms with van der Waals surface area (Å²) in [6, 6.07) is 9.52. The van der Waals surface area contributed by atoms with Crippen molar-refractivity contribution in [2.75, 3.05) is 13.1 Å². The van der Waals surface area contributed by atoms with Crippen LogP contribution in [0.1, 0.15) is 37.7 Å². The van der Waals surface area contributed by atoms with Crippen molar-refractivity contribution < 1.29 is 9.59 Å². The standard InChI is InChI=1S/C18H24N2O2/c21-17(15-9-10-15)19-16(13-14-7-3-1-4-8-14)18(22)20-11-5-2-6-12-20/h1,3-4,7-8,15-16H,2,5-6,9-13H2,(H,19,21)/t16-/m0/s1. The largest absolute Gasteiger partial charge is 0.344 e. The number of hydrogen-bond donors (Lipinski definition) is 1. The maximum atomic E-state index is 12.8. The Morgan fingerprint density at radius 1 is 1.09 bits per heavy atom. The van der Waals surface area contributed by atoms with Crippen molar-refractivity contribution >= 4 is 11.8 Å². The fraction of sp³-hybridized carbons (Fsp3) is 0.556. The van der Waals surface area contributed by atoms with Crippen molar-refractivity contribution in [3.8, 4) is 0 Å². The SMILES string of the molecule is O=C(N[C@@H](Cc1ccccc1)C(=O)N1CCCCC1)C1CC1. The summed E-state index contributed by atoms with van der Waals surface area (Å²) >= 11 is 0. The molecule has 2 aliphatic rings. The highest BCUT2D eigenvalue weighted by molar-refractivity contribution is 5.89. The quantitative estimate of drug-likeness (QED) is 0.905. The van der Waals surface area contributed by atoms with Gasteiger partial charge in [0, 0.05) is 25.4 Å². The summed E-state index contributed by atoms with van der Waals surface area (Å²) < 4.78 is 0. The number of piperidine rings is 1. The normalized spacial score (nSPS) is 19.5. The Morgan fingerprint density at radius 3 is 2.41 bits per heavy atom. The van der Waals surface area contributed by atoms with E-state index < -0.39 is 6.04 Å². The molecular weight excluding hydrogens is 276 g/mol. The zero-order valence-corrected chi connectivity index (χ0v) is 13.0. The second-order valence-corrected chi connectivity index (χ2v) is 6.41. The molecule has 2 amide bonds. The van der Waals surface area contributed by atoms with Gasteiger partial charge in [0.2, 0.25) is 11.8 Å². The van der Waals surface area contributed by atoms with Gasteiger partial charge in [-0.3, -0.25) is 9.59 Å². The molecule has 0 spiro atoms. The minimum atomic E-state index is -0.423. The van der Waals surface area contributed by atoms with E-state index in [-0.39, 0.29) is 17.7 Å². The summed E-state index contributed by atoms with van der Waals surface area (Å²) in [4.78, 5) is 26.8. The van der Waals surface area contributed by atoms with Crippen LogP contribution in [0.3, 0.4) is 0 Å².